The quantitative estimate of drug-likeness (QED) is 0.629. The maximum Gasteiger partial charge on any atom is 0.165 e. The molecule has 1 atom stereocenters. The van der Waals surface area contributed by atoms with Gasteiger partial charge in [0.1, 0.15) is 5.82 Å². The molecule has 1 N–H and O–H groups in total. The molecule has 0 heterocycles. The van der Waals surface area contributed by atoms with Crippen molar-refractivity contribution >= 4 is 11.5 Å². The molecule has 0 bridgehead atoms. The number of anilines is 1. The van der Waals surface area contributed by atoms with Crippen LogP contribution in [0.1, 0.15) is 28.4 Å². The average Bonchev–Trinajstić information content (AvgIpc) is 2.63. The summed E-state index contributed by atoms with van der Waals surface area (Å²) in [5, 5.41) is 3.37. The summed E-state index contributed by atoms with van der Waals surface area (Å²) in [4.78, 5) is 12.6. The summed E-state index contributed by atoms with van der Waals surface area (Å²) in [7, 11) is 0. The number of benzene rings is 3. The number of nitrogens with one attached hydrogen (secondary N) is 1. The summed E-state index contributed by atoms with van der Waals surface area (Å²) in [6.07, 6.45) is 0.296. The van der Waals surface area contributed by atoms with Crippen molar-refractivity contribution < 1.29 is 9.18 Å². The van der Waals surface area contributed by atoms with Crippen LogP contribution in [0.15, 0.2) is 84.9 Å². The number of Topliss-reactive ketones (excluding diaryl/α,β-unsaturated/α-hetero) is 1. The molecule has 120 valence electrons. The van der Waals surface area contributed by atoms with E-state index in [9.17, 15) is 9.18 Å². The Morgan fingerprint density at radius 1 is 0.833 bits per heavy atom. The van der Waals surface area contributed by atoms with E-state index in [1.807, 2.05) is 60.7 Å². The Bertz CT molecular complexity index is 785. The summed E-state index contributed by atoms with van der Waals surface area (Å²) < 4.78 is 13.2. The van der Waals surface area contributed by atoms with Crippen LogP contribution in [-0.4, -0.2) is 5.78 Å². The van der Waals surface area contributed by atoms with E-state index in [0.29, 0.717) is 12.0 Å². The van der Waals surface area contributed by atoms with Gasteiger partial charge < -0.3 is 5.32 Å². The molecule has 0 aliphatic heterocycles. The number of ketones is 1. The van der Waals surface area contributed by atoms with Crippen LogP contribution in [0, 0.1) is 5.82 Å². The Hall–Kier alpha value is -2.94. The topological polar surface area (TPSA) is 29.1 Å². The third-order valence-electron chi connectivity index (χ3n) is 3.87. The van der Waals surface area contributed by atoms with Crippen LogP contribution in [0.3, 0.4) is 0 Å². The first-order chi connectivity index (χ1) is 11.7. The monoisotopic (exact) mass is 319 g/mol. The molecule has 0 fully saturated rings. The predicted molar refractivity (Wildman–Crippen MR) is 94.6 cm³/mol. The van der Waals surface area contributed by atoms with Gasteiger partial charge in [0.05, 0.1) is 6.04 Å². The first-order valence-corrected chi connectivity index (χ1v) is 7.87. The van der Waals surface area contributed by atoms with Gasteiger partial charge in [0.25, 0.3) is 0 Å². The van der Waals surface area contributed by atoms with Crippen LogP contribution in [-0.2, 0) is 0 Å². The fourth-order valence-electron chi connectivity index (χ4n) is 2.61. The van der Waals surface area contributed by atoms with Crippen molar-refractivity contribution in [2.24, 2.45) is 0 Å². The molecule has 0 aromatic heterocycles. The van der Waals surface area contributed by atoms with E-state index in [-0.39, 0.29) is 17.6 Å². The smallest absolute Gasteiger partial charge is 0.165 e. The Morgan fingerprint density at radius 2 is 1.42 bits per heavy atom. The zero-order valence-electron chi connectivity index (χ0n) is 13.2. The van der Waals surface area contributed by atoms with Gasteiger partial charge >= 0.3 is 0 Å². The lowest BCUT2D eigenvalue weighted by molar-refractivity contribution is 0.0976. The van der Waals surface area contributed by atoms with Crippen molar-refractivity contribution in [3.05, 3.63) is 102 Å². The van der Waals surface area contributed by atoms with E-state index >= 15 is 0 Å². The third-order valence-corrected chi connectivity index (χ3v) is 3.87. The lowest BCUT2D eigenvalue weighted by Gasteiger charge is -2.20. The fourth-order valence-corrected chi connectivity index (χ4v) is 2.61. The highest BCUT2D eigenvalue weighted by molar-refractivity contribution is 5.96. The van der Waals surface area contributed by atoms with Crippen LogP contribution in [0.4, 0.5) is 10.1 Å². The van der Waals surface area contributed by atoms with Gasteiger partial charge in [-0.25, -0.2) is 4.39 Å². The first kappa shape index (κ1) is 15.9. The van der Waals surface area contributed by atoms with Crippen LogP contribution < -0.4 is 5.32 Å². The molecule has 0 spiro atoms. The standard InChI is InChI=1S/C21H18FNO/c22-18-13-11-16(12-14-18)20(23-19-9-5-2-6-10-19)15-21(24)17-7-3-1-4-8-17/h1-14,20,23H,15H2/t20-/m1/s1. The van der Waals surface area contributed by atoms with Gasteiger partial charge in [-0.2, -0.15) is 0 Å². The molecule has 24 heavy (non-hydrogen) atoms. The van der Waals surface area contributed by atoms with E-state index in [1.165, 1.54) is 12.1 Å². The van der Waals surface area contributed by atoms with Crippen LogP contribution in [0.2, 0.25) is 0 Å². The summed E-state index contributed by atoms with van der Waals surface area (Å²) in [6.45, 7) is 0. The Labute approximate surface area is 141 Å². The lowest BCUT2D eigenvalue weighted by Crippen LogP contribution is -2.15. The van der Waals surface area contributed by atoms with E-state index in [1.54, 1.807) is 12.1 Å². The molecular formula is C21H18FNO. The number of hydrogen-bond donors (Lipinski definition) is 1. The van der Waals surface area contributed by atoms with Crippen molar-refractivity contribution in [3.63, 3.8) is 0 Å². The maximum absolute atomic E-state index is 13.2. The van der Waals surface area contributed by atoms with Crippen LogP contribution in [0.25, 0.3) is 0 Å². The van der Waals surface area contributed by atoms with Gasteiger partial charge in [-0.1, -0.05) is 60.7 Å². The van der Waals surface area contributed by atoms with E-state index in [4.69, 9.17) is 0 Å². The van der Waals surface area contributed by atoms with Gasteiger partial charge in [-0.3, -0.25) is 4.79 Å². The summed E-state index contributed by atoms with van der Waals surface area (Å²) in [5.41, 5.74) is 2.48. The minimum absolute atomic E-state index is 0.0494. The van der Waals surface area contributed by atoms with Crippen molar-refractivity contribution in [1.82, 2.24) is 0 Å². The molecule has 0 radical (unpaired) electrons. The number of rotatable bonds is 6. The number of para-hydroxylation sites is 1. The fraction of sp³-hybridized carbons (Fsp3) is 0.0952. The van der Waals surface area contributed by atoms with Gasteiger partial charge in [-0.05, 0) is 29.8 Å². The molecule has 0 aliphatic carbocycles. The number of carbonyl (C=O) groups excluding carboxylic acids is 1. The molecule has 0 unspecified atom stereocenters. The second-order valence-electron chi connectivity index (χ2n) is 5.61. The highest BCUT2D eigenvalue weighted by atomic mass is 19.1. The van der Waals surface area contributed by atoms with Gasteiger partial charge in [0, 0.05) is 17.7 Å². The molecular weight excluding hydrogens is 301 g/mol. The Balaban J connectivity index is 1.84. The molecule has 0 saturated heterocycles. The van der Waals surface area contributed by atoms with Crippen LogP contribution in [0.5, 0.6) is 0 Å². The molecule has 0 amide bonds. The van der Waals surface area contributed by atoms with Crippen molar-refractivity contribution in [1.29, 1.82) is 0 Å². The number of hydrogen-bond acceptors (Lipinski definition) is 2. The largest absolute Gasteiger partial charge is 0.378 e. The Morgan fingerprint density at radius 3 is 2.04 bits per heavy atom. The summed E-state index contributed by atoms with van der Waals surface area (Å²) in [6, 6.07) is 25.0. The van der Waals surface area contributed by atoms with Gasteiger partial charge in [-0.15, -0.1) is 0 Å². The normalized spacial score (nSPS) is 11.7. The van der Waals surface area contributed by atoms with Crippen LogP contribution >= 0.6 is 0 Å². The molecule has 3 aromatic carbocycles. The zero-order chi connectivity index (χ0) is 16.8. The highest BCUT2D eigenvalue weighted by Crippen LogP contribution is 2.24. The maximum atomic E-state index is 13.2. The van der Waals surface area contributed by atoms with E-state index in [2.05, 4.69) is 5.32 Å². The lowest BCUT2D eigenvalue weighted by atomic mass is 9.97. The number of halogens is 1. The Kier molecular flexibility index (Phi) is 5.02. The predicted octanol–water partition coefficient (Wildman–Crippen LogP) is 5.25. The molecule has 0 saturated carbocycles. The molecule has 0 aliphatic rings. The second-order valence-corrected chi connectivity index (χ2v) is 5.61. The molecule has 3 aromatic rings. The van der Waals surface area contributed by atoms with E-state index < -0.39 is 0 Å². The SMILES string of the molecule is O=C(C[C@@H](Nc1ccccc1)c1ccc(F)cc1)c1ccccc1. The first-order valence-electron chi connectivity index (χ1n) is 7.87. The van der Waals surface area contributed by atoms with Crippen molar-refractivity contribution in [2.75, 3.05) is 5.32 Å². The van der Waals surface area contributed by atoms with Gasteiger partial charge in [0.15, 0.2) is 5.78 Å². The molecule has 2 nitrogen and oxygen atoms in total. The second kappa shape index (κ2) is 7.55. The average molecular weight is 319 g/mol. The summed E-state index contributed by atoms with van der Waals surface area (Å²) >= 11 is 0. The molecule has 3 rings (SSSR count). The summed E-state index contributed by atoms with van der Waals surface area (Å²) in [5.74, 6) is -0.236. The van der Waals surface area contributed by atoms with Gasteiger partial charge in [0.2, 0.25) is 0 Å². The van der Waals surface area contributed by atoms with Crippen molar-refractivity contribution in [2.45, 2.75) is 12.5 Å². The third kappa shape index (κ3) is 4.07. The number of carbonyl (C=O) groups is 1. The van der Waals surface area contributed by atoms with E-state index in [0.717, 1.165) is 11.3 Å². The minimum atomic E-state index is -0.286. The highest BCUT2D eigenvalue weighted by Gasteiger charge is 2.17. The molecule has 3 heteroatoms. The zero-order valence-corrected chi connectivity index (χ0v) is 13.2. The minimum Gasteiger partial charge on any atom is -0.378 e. The van der Waals surface area contributed by atoms with Crippen molar-refractivity contribution in [3.8, 4) is 0 Å².